The molecule has 152 valence electrons. The van der Waals surface area contributed by atoms with Gasteiger partial charge in [-0.3, -0.25) is 0 Å². The number of nitrogens with zero attached hydrogens (tertiary/aromatic N) is 1. The standard InChI is InChI=1S/C21H32F3NOSi/c1-16(2)13-19(25-11-6-12-27(25)15-26-5)14-20(3,4)17-7-9-18(10-8-17)21(22,23)24/h7-10,13,19,27H,6,11-12,14-15H2,1-5H3/t19?,27-/m0/s1. The number of allylic oxidation sites excluding steroid dienone is 1. The zero-order chi connectivity index (χ0) is 20.2. The first-order valence-corrected chi connectivity index (χ1v) is 11.8. The van der Waals surface area contributed by atoms with Crippen LogP contribution in [0.4, 0.5) is 13.2 Å². The fraction of sp³-hybridized carbons (Fsp3) is 0.619. The molecular weight excluding hydrogens is 367 g/mol. The molecule has 0 aliphatic carbocycles. The lowest BCUT2D eigenvalue weighted by molar-refractivity contribution is -0.137. The molecular formula is C21H32F3NOSi. The van der Waals surface area contributed by atoms with E-state index in [9.17, 15) is 13.2 Å². The normalized spacial score (nSPS) is 19.9. The number of methoxy groups -OCH3 is 1. The Morgan fingerprint density at radius 2 is 1.78 bits per heavy atom. The Balaban J connectivity index is 2.23. The fourth-order valence-corrected chi connectivity index (χ4v) is 7.08. The van der Waals surface area contributed by atoms with Crippen LogP contribution in [0.1, 0.15) is 51.7 Å². The van der Waals surface area contributed by atoms with Crippen LogP contribution >= 0.6 is 0 Å². The second-order valence-electron chi connectivity index (χ2n) is 8.46. The van der Waals surface area contributed by atoms with Gasteiger partial charge < -0.3 is 9.30 Å². The summed E-state index contributed by atoms with van der Waals surface area (Å²) in [6.07, 6.45) is 0.993. The summed E-state index contributed by atoms with van der Waals surface area (Å²) in [4.78, 5) is 0. The van der Waals surface area contributed by atoms with E-state index in [0.29, 0.717) is 6.04 Å². The Morgan fingerprint density at radius 1 is 1.19 bits per heavy atom. The van der Waals surface area contributed by atoms with Crippen LogP contribution in [0.5, 0.6) is 0 Å². The molecule has 0 bridgehead atoms. The second kappa shape index (κ2) is 8.93. The molecule has 1 fully saturated rings. The number of hydrogen-bond donors (Lipinski definition) is 0. The first-order valence-electron chi connectivity index (χ1n) is 9.62. The third-order valence-corrected chi connectivity index (χ3v) is 8.82. The van der Waals surface area contributed by atoms with E-state index in [1.165, 1.54) is 30.2 Å². The van der Waals surface area contributed by atoms with Crippen molar-refractivity contribution >= 4 is 8.96 Å². The molecule has 1 saturated heterocycles. The zero-order valence-corrected chi connectivity index (χ0v) is 18.2. The van der Waals surface area contributed by atoms with Crippen molar-refractivity contribution in [3.8, 4) is 0 Å². The molecule has 2 atom stereocenters. The summed E-state index contributed by atoms with van der Waals surface area (Å²) >= 11 is 0. The number of hydrogen-bond acceptors (Lipinski definition) is 2. The van der Waals surface area contributed by atoms with Gasteiger partial charge in [-0.2, -0.15) is 13.2 Å². The van der Waals surface area contributed by atoms with Crippen LogP contribution in [0, 0.1) is 0 Å². The Morgan fingerprint density at radius 3 is 2.30 bits per heavy atom. The molecule has 1 heterocycles. The Hall–Kier alpha value is -1.11. The van der Waals surface area contributed by atoms with Crippen molar-refractivity contribution in [3.05, 3.63) is 47.0 Å². The van der Waals surface area contributed by atoms with Gasteiger partial charge in [-0.25, -0.2) is 0 Å². The predicted octanol–water partition coefficient (Wildman–Crippen LogP) is 5.32. The average Bonchev–Trinajstić information content (AvgIpc) is 3.01. The molecule has 0 saturated carbocycles. The van der Waals surface area contributed by atoms with Crippen molar-refractivity contribution in [2.24, 2.45) is 0 Å². The van der Waals surface area contributed by atoms with Gasteiger partial charge >= 0.3 is 6.18 Å². The Labute approximate surface area is 163 Å². The lowest BCUT2D eigenvalue weighted by Crippen LogP contribution is -2.46. The quantitative estimate of drug-likeness (QED) is 0.454. The molecule has 0 radical (unpaired) electrons. The van der Waals surface area contributed by atoms with Crippen molar-refractivity contribution in [2.75, 3.05) is 19.9 Å². The maximum Gasteiger partial charge on any atom is 0.416 e. The minimum Gasteiger partial charge on any atom is -0.387 e. The van der Waals surface area contributed by atoms with Gasteiger partial charge in [0.1, 0.15) is 8.96 Å². The minimum absolute atomic E-state index is 0.213. The molecule has 1 unspecified atom stereocenters. The summed E-state index contributed by atoms with van der Waals surface area (Å²) in [6, 6.07) is 7.24. The van der Waals surface area contributed by atoms with Crippen LogP contribution in [0.3, 0.4) is 0 Å². The van der Waals surface area contributed by atoms with E-state index in [2.05, 4.69) is 38.3 Å². The van der Waals surface area contributed by atoms with Crippen LogP contribution in [0.15, 0.2) is 35.9 Å². The van der Waals surface area contributed by atoms with E-state index < -0.39 is 20.7 Å². The highest BCUT2D eigenvalue weighted by Crippen LogP contribution is 2.35. The van der Waals surface area contributed by atoms with E-state index in [4.69, 9.17) is 4.74 Å². The molecule has 0 spiro atoms. The van der Waals surface area contributed by atoms with E-state index in [-0.39, 0.29) is 5.41 Å². The van der Waals surface area contributed by atoms with Crippen molar-refractivity contribution in [3.63, 3.8) is 0 Å². The third kappa shape index (κ3) is 5.93. The first kappa shape index (κ1) is 22.2. The molecule has 1 aliphatic heterocycles. The van der Waals surface area contributed by atoms with Crippen LogP contribution in [0.2, 0.25) is 6.04 Å². The monoisotopic (exact) mass is 399 g/mol. The van der Waals surface area contributed by atoms with E-state index in [1.807, 2.05) is 0 Å². The molecule has 2 nitrogen and oxygen atoms in total. The Bertz CT molecular complexity index is 636. The smallest absolute Gasteiger partial charge is 0.387 e. The van der Waals surface area contributed by atoms with Gasteiger partial charge in [-0.15, -0.1) is 0 Å². The van der Waals surface area contributed by atoms with E-state index in [1.54, 1.807) is 19.2 Å². The number of benzene rings is 1. The molecule has 1 aromatic carbocycles. The summed E-state index contributed by atoms with van der Waals surface area (Å²) in [5.41, 5.74) is 1.43. The molecule has 0 aromatic heterocycles. The fourth-order valence-electron chi connectivity index (χ4n) is 4.07. The number of halogens is 3. The molecule has 0 amide bonds. The maximum atomic E-state index is 12.9. The largest absolute Gasteiger partial charge is 0.416 e. The van der Waals surface area contributed by atoms with Gasteiger partial charge in [0, 0.05) is 13.2 Å². The van der Waals surface area contributed by atoms with Crippen molar-refractivity contribution in [1.82, 2.24) is 4.57 Å². The van der Waals surface area contributed by atoms with E-state index in [0.717, 1.165) is 24.8 Å². The maximum absolute atomic E-state index is 12.9. The van der Waals surface area contributed by atoms with E-state index >= 15 is 0 Å². The second-order valence-corrected chi connectivity index (χ2v) is 11.3. The molecule has 1 aliphatic rings. The molecule has 27 heavy (non-hydrogen) atoms. The highest BCUT2D eigenvalue weighted by atomic mass is 28.3. The zero-order valence-electron chi connectivity index (χ0n) is 17.1. The minimum atomic E-state index is -4.29. The number of alkyl halides is 3. The SMILES string of the molecule is COC[Si@@H]1CCCN1C(C=C(C)C)CC(C)(C)c1ccc(C(F)(F)F)cc1. The van der Waals surface area contributed by atoms with Crippen molar-refractivity contribution in [2.45, 2.75) is 64.2 Å². The first-order chi connectivity index (χ1) is 12.5. The molecule has 2 rings (SSSR count). The van der Waals surface area contributed by atoms with Crippen LogP contribution in [-0.2, 0) is 16.3 Å². The van der Waals surface area contributed by atoms with Gasteiger partial charge in [-0.05, 0) is 62.4 Å². The highest BCUT2D eigenvalue weighted by molar-refractivity contribution is 6.56. The van der Waals surface area contributed by atoms with Crippen molar-refractivity contribution < 1.29 is 17.9 Å². The summed E-state index contributed by atoms with van der Waals surface area (Å²) < 4.78 is 46.7. The highest BCUT2D eigenvalue weighted by Gasteiger charge is 2.35. The van der Waals surface area contributed by atoms with Gasteiger partial charge in [0.05, 0.1) is 11.8 Å². The number of ether oxygens (including phenoxy) is 1. The lowest BCUT2D eigenvalue weighted by Gasteiger charge is -2.37. The summed E-state index contributed by atoms with van der Waals surface area (Å²) in [5.74, 6) is 0. The average molecular weight is 400 g/mol. The molecule has 1 aromatic rings. The predicted molar refractivity (Wildman–Crippen MR) is 107 cm³/mol. The summed E-state index contributed by atoms with van der Waals surface area (Å²) in [7, 11) is 0.660. The third-order valence-electron chi connectivity index (χ3n) is 5.45. The van der Waals surface area contributed by atoms with Gasteiger partial charge in [0.15, 0.2) is 0 Å². The lowest BCUT2D eigenvalue weighted by atomic mass is 9.78. The summed E-state index contributed by atoms with van der Waals surface area (Å²) in [6.45, 7) is 9.58. The molecule has 6 heteroatoms. The van der Waals surface area contributed by atoms with Gasteiger partial charge in [0.2, 0.25) is 0 Å². The Kier molecular flexibility index (Phi) is 7.33. The van der Waals surface area contributed by atoms with Crippen LogP contribution in [0.25, 0.3) is 0 Å². The van der Waals surface area contributed by atoms with Gasteiger partial charge in [-0.1, -0.05) is 37.6 Å². The summed E-state index contributed by atoms with van der Waals surface area (Å²) in [5, 5.41) is 0. The topological polar surface area (TPSA) is 12.5 Å². The van der Waals surface area contributed by atoms with Crippen LogP contribution in [-0.4, -0.2) is 39.5 Å². The number of rotatable bonds is 7. The van der Waals surface area contributed by atoms with Gasteiger partial charge in [0.25, 0.3) is 0 Å². The van der Waals surface area contributed by atoms with Crippen LogP contribution < -0.4 is 0 Å². The molecule has 0 N–H and O–H groups in total. The van der Waals surface area contributed by atoms with Crippen molar-refractivity contribution in [1.29, 1.82) is 0 Å².